The van der Waals surface area contributed by atoms with Gasteiger partial charge in [0.15, 0.2) is 0 Å². The second kappa shape index (κ2) is 5.35. The third-order valence-corrected chi connectivity index (χ3v) is 3.14. The lowest BCUT2D eigenvalue weighted by atomic mass is 9.82. The highest BCUT2D eigenvalue weighted by atomic mass is 16.5. The Hall–Kier alpha value is -0.300. The van der Waals surface area contributed by atoms with Gasteiger partial charge in [0.05, 0.1) is 12.2 Å². The smallest absolute Gasteiger partial charge is 0.0618 e. The third kappa shape index (κ3) is 5.16. The lowest BCUT2D eigenvalue weighted by Gasteiger charge is -2.32. The van der Waals surface area contributed by atoms with Gasteiger partial charge >= 0.3 is 0 Å². The molecule has 1 nitrogen and oxygen atoms in total. The molecular weight excluding hydrogens is 196 g/mol. The van der Waals surface area contributed by atoms with Crippen LogP contribution in [0.2, 0.25) is 0 Å². The Balaban J connectivity index is 2.38. The fourth-order valence-corrected chi connectivity index (χ4v) is 2.95. The van der Waals surface area contributed by atoms with Crippen molar-refractivity contribution in [3.05, 3.63) is 12.2 Å². The van der Waals surface area contributed by atoms with E-state index in [9.17, 15) is 0 Å². The van der Waals surface area contributed by atoms with E-state index >= 15 is 0 Å². The summed E-state index contributed by atoms with van der Waals surface area (Å²) in [5.74, 6) is 0.739. The first-order chi connectivity index (χ1) is 7.26. The summed E-state index contributed by atoms with van der Waals surface area (Å²) in [6.45, 7) is 15.6. The van der Waals surface area contributed by atoms with Gasteiger partial charge < -0.3 is 4.74 Å². The number of rotatable bonds is 3. The van der Waals surface area contributed by atoms with Crippen molar-refractivity contribution < 1.29 is 4.74 Å². The summed E-state index contributed by atoms with van der Waals surface area (Å²) in [5, 5.41) is 0. The van der Waals surface area contributed by atoms with Crippen molar-refractivity contribution in [3.8, 4) is 0 Å². The SMILES string of the molecule is C=C1C[C@H](C[C@@H](C)CC(C)(C)C)O[C@@H](C)C1. The largest absolute Gasteiger partial charge is 0.375 e. The van der Waals surface area contributed by atoms with Gasteiger partial charge in [-0.15, -0.1) is 0 Å². The molecule has 0 saturated carbocycles. The molecule has 1 heteroatoms. The summed E-state index contributed by atoms with van der Waals surface area (Å²) >= 11 is 0. The first-order valence-electron chi connectivity index (χ1n) is 6.58. The third-order valence-electron chi connectivity index (χ3n) is 3.14. The maximum Gasteiger partial charge on any atom is 0.0618 e. The van der Waals surface area contributed by atoms with Crippen LogP contribution in [0.3, 0.4) is 0 Å². The van der Waals surface area contributed by atoms with E-state index in [-0.39, 0.29) is 0 Å². The average molecular weight is 224 g/mol. The first kappa shape index (κ1) is 13.8. The molecule has 1 aliphatic heterocycles. The van der Waals surface area contributed by atoms with Gasteiger partial charge in [0, 0.05) is 0 Å². The van der Waals surface area contributed by atoms with Crippen molar-refractivity contribution >= 4 is 0 Å². The van der Waals surface area contributed by atoms with Crippen molar-refractivity contribution in [2.24, 2.45) is 11.3 Å². The highest BCUT2D eigenvalue weighted by molar-refractivity contribution is 5.01. The molecule has 94 valence electrons. The Bertz CT molecular complexity index is 236. The zero-order chi connectivity index (χ0) is 12.3. The van der Waals surface area contributed by atoms with E-state index in [0.29, 0.717) is 17.6 Å². The molecule has 1 heterocycles. The van der Waals surface area contributed by atoms with Crippen LogP contribution < -0.4 is 0 Å². The highest BCUT2D eigenvalue weighted by Crippen LogP contribution is 2.31. The molecule has 1 rings (SSSR count). The minimum atomic E-state index is 0.369. The molecular formula is C15H28O. The van der Waals surface area contributed by atoms with Gasteiger partial charge in [-0.05, 0) is 43.9 Å². The Labute approximate surface area is 101 Å². The predicted molar refractivity (Wildman–Crippen MR) is 70.6 cm³/mol. The molecule has 0 aliphatic carbocycles. The summed E-state index contributed by atoms with van der Waals surface area (Å²) < 4.78 is 5.98. The van der Waals surface area contributed by atoms with Crippen LogP contribution in [0.4, 0.5) is 0 Å². The van der Waals surface area contributed by atoms with E-state index in [2.05, 4.69) is 41.2 Å². The topological polar surface area (TPSA) is 9.23 Å². The minimum Gasteiger partial charge on any atom is -0.375 e. The molecule has 16 heavy (non-hydrogen) atoms. The van der Waals surface area contributed by atoms with Crippen LogP contribution in [0.1, 0.15) is 60.3 Å². The molecule has 0 radical (unpaired) electrons. The molecule has 1 aliphatic rings. The highest BCUT2D eigenvalue weighted by Gasteiger charge is 2.25. The summed E-state index contributed by atoms with van der Waals surface area (Å²) in [6.07, 6.45) is 5.35. The van der Waals surface area contributed by atoms with Crippen molar-refractivity contribution in [1.82, 2.24) is 0 Å². The van der Waals surface area contributed by atoms with Gasteiger partial charge in [-0.25, -0.2) is 0 Å². The van der Waals surface area contributed by atoms with Crippen LogP contribution in [0, 0.1) is 11.3 Å². The van der Waals surface area contributed by atoms with Crippen molar-refractivity contribution in [2.75, 3.05) is 0 Å². The van der Waals surface area contributed by atoms with Crippen LogP contribution in [-0.2, 0) is 4.74 Å². The van der Waals surface area contributed by atoms with Crippen LogP contribution in [0.15, 0.2) is 12.2 Å². The van der Waals surface area contributed by atoms with Gasteiger partial charge in [0.2, 0.25) is 0 Å². The standard InChI is InChI=1S/C15H28O/c1-11-7-13(3)16-14(8-11)9-12(2)10-15(4,5)6/h12-14H,1,7-10H2,2-6H3/t12-,13+,14-/m1/s1. The summed E-state index contributed by atoms with van der Waals surface area (Å²) in [6, 6.07) is 0. The quantitative estimate of drug-likeness (QED) is 0.638. The van der Waals surface area contributed by atoms with E-state index < -0.39 is 0 Å². The van der Waals surface area contributed by atoms with E-state index in [1.807, 2.05) is 0 Å². The number of ether oxygens (including phenoxy) is 1. The minimum absolute atomic E-state index is 0.369. The van der Waals surface area contributed by atoms with Gasteiger partial charge in [0.1, 0.15) is 0 Å². The predicted octanol–water partition coefficient (Wildman–Crippen LogP) is 4.57. The van der Waals surface area contributed by atoms with Gasteiger partial charge in [0.25, 0.3) is 0 Å². The van der Waals surface area contributed by atoms with Crippen molar-refractivity contribution in [2.45, 2.75) is 72.5 Å². The van der Waals surface area contributed by atoms with Crippen LogP contribution in [-0.4, -0.2) is 12.2 Å². The second-order valence-electron chi connectivity index (χ2n) is 6.83. The van der Waals surface area contributed by atoms with E-state index in [1.54, 1.807) is 0 Å². The van der Waals surface area contributed by atoms with E-state index in [4.69, 9.17) is 4.74 Å². The van der Waals surface area contributed by atoms with Gasteiger partial charge in [-0.2, -0.15) is 0 Å². The van der Waals surface area contributed by atoms with Gasteiger partial charge in [-0.3, -0.25) is 0 Å². The fourth-order valence-electron chi connectivity index (χ4n) is 2.95. The van der Waals surface area contributed by atoms with Gasteiger partial charge in [-0.1, -0.05) is 39.8 Å². The lowest BCUT2D eigenvalue weighted by molar-refractivity contribution is -0.0333. The molecule has 0 unspecified atom stereocenters. The summed E-state index contributed by atoms with van der Waals surface area (Å²) in [5.41, 5.74) is 1.79. The molecule has 0 amide bonds. The molecule has 0 aromatic carbocycles. The second-order valence-corrected chi connectivity index (χ2v) is 6.83. The molecule has 0 N–H and O–H groups in total. The molecule has 3 atom stereocenters. The Kier molecular flexibility index (Phi) is 4.61. The van der Waals surface area contributed by atoms with Crippen LogP contribution in [0.25, 0.3) is 0 Å². The monoisotopic (exact) mass is 224 g/mol. The Morgan fingerprint density at radius 1 is 1.38 bits per heavy atom. The number of hydrogen-bond donors (Lipinski definition) is 0. The van der Waals surface area contributed by atoms with E-state index in [1.165, 1.54) is 18.4 Å². The number of hydrogen-bond acceptors (Lipinski definition) is 1. The fraction of sp³-hybridized carbons (Fsp3) is 0.867. The maximum atomic E-state index is 5.98. The van der Waals surface area contributed by atoms with E-state index in [0.717, 1.165) is 18.8 Å². The molecule has 0 aromatic heterocycles. The van der Waals surface area contributed by atoms with Crippen molar-refractivity contribution in [1.29, 1.82) is 0 Å². The van der Waals surface area contributed by atoms with Crippen molar-refractivity contribution in [3.63, 3.8) is 0 Å². The Morgan fingerprint density at radius 2 is 2.00 bits per heavy atom. The van der Waals surface area contributed by atoms with Crippen LogP contribution in [0.5, 0.6) is 0 Å². The molecule has 1 fully saturated rings. The molecule has 1 saturated heterocycles. The zero-order valence-corrected chi connectivity index (χ0v) is 11.7. The molecule has 0 aromatic rings. The first-order valence-corrected chi connectivity index (χ1v) is 6.58. The molecule has 0 bridgehead atoms. The summed E-state index contributed by atoms with van der Waals surface area (Å²) in [7, 11) is 0. The zero-order valence-electron chi connectivity index (χ0n) is 11.7. The summed E-state index contributed by atoms with van der Waals surface area (Å²) in [4.78, 5) is 0. The normalized spacial score (nSPS) is 29.2. The lowest BCUT2D eigenvalue weighted by Crippen LogP contribution is -2.29. The van der Waals surface area contributed by atoms with Crippen LogP contribution >= 0.6 is 0 Å². The maximum absolute atomic E-state index is 5.98. The average Bonchev–Trinajstić information content (AvgIpc) is 1.96. The molecule has 0 spiro atoms. The Morgan fingerprint density at radius 3 is 2.50 bits per heavy atom.